The molecule has 2 amide bonds. The van der Waals surface area contributed by atoms with E-state index in [1.165, 1.54) is 29.2 Å². The number of carbonyl (C=O) groups is 2. The van der Waals surface area contributed by atoms with E-state index in [2.05, 4.69) is 5.32 Å². The Morgan fingerprint density at radius 2 is 1.67 bits per heavy atom. The lowest BCUT2D eigenvalue weighted by Gasteiger charge is -2.33. The van der Waals surface area contributed by atoms with Crippen LogP contribution in [0.4, 0.5) is 5.69 Å². The summed E-state index contributed by atoms with van der Waals surface area (Å²) in [5.41, 5.74) is 1.07. The fraction of sp³-hybridized carbons (Fsp3) is 0.310. The van der Waals surface area contributed by atoms with Crippen molar-refractivity contribution in [1.29, 1.82) is 0 Å². The summed E-state index contributed by atoms with van der Waals surface area (Å²) in [6.45, 7) is 3.83. The maximum atomic E-state index is 14.0. The van der Waals surface area contributed by atoms with E-state index in [1.54, 1.807) is 55.6 Å². The van der Waals surface area contributed by atoms with Crippen LogP contribution in [-0.4, -0.2) is 51.4 Å². The Kier molecular flexibility index (Phi) is 10.8. The number of halogens is 1. The minimum absolute atomic E-state index is 0.00405. The fourth-order valence-corrected chi connectivity index (χ4v) is 5.65. The predicted octanol–water partition coefficient (Wildman–Crippen LogP) is 4.88. The lowest BCUT2D eigenvalue weighted by atomic mass is 10.1. The quantitative estimate of drug-likeness (QED) is 0.315. The largest absolute Gasteiger partial charge is 0.497 e. The highest BCUT2D eigenvalue weighted by Gasteiger charge is 2.33. The van der Waals surface area contributed by atoms with E-state index in [9.17, 15) is 18.0 Å². The number of para-hydroxylation sites is 1. The van der Waals surface area contributed by atoms with Crippen LogP contribution in [0.15, 0.2) is 83.8 Å². The van der Waals surface area contributed by atoms with Crippen molar-refractivity contribution in [2.24, 2.45) is 0 Å². The van der Waals surface area contributed by atoms with Gasteiger partial charge in [-0.2, -0.15) is 0 Å². The van der Waals surface area contributed by atoms with Crippen LogP contribution < -0.4 is 14.4 Å². The smallest absolute Gasteiger partial charge is 0.264 e. The monoisotopic (exact) mass is 571 g/mol. The van der Waals surface area contributed by atoms with Gasteiger partial charge in [0.2, 0.25) is 11.8 Å². The maximum Gasteiger partial charge on any atom is 0.264 e. The molecule has 3 rings (SSSR count). The van der Waals surface area contributed by atoms with Crippen molar-refractivity contribution in [2.45, 2.75) is 44.2 Å². The number of rotatable bonds is 13. The van der Waals surface area contributed by atoms with E-state index < -0.39 is 28.5 Å². The minimum atomic E-state index is -4.14. The van der Waals surface area contributed by atoms with Gasteiger partial charge in [-0.25, -0.2) is 8.42 Å². The molecule has 1 atom stereocenters. The van der Waals surface area contributed by atoms with E-state index in [0.29, 0.717) is 29.4 Å². The van der Waals surface area contributed by atoms with Gasteiger partial charge in [0.25, 0.3) is 10.0 Å². The summed E-state index contributed by atoms with van der Waals surface area (Å²) in [6.07, 6.45) is 1.09. The number of amides is 2. The van der Waals surface area contributed by atoms with Crippen LogP contribution in [0.25, 0.3) is 0 Å². The molecule has 208 valence electrons. The molecule has 0 fully saturated rings. The molecular formula is C29H34ClN3O5S. The first-order chi connectivity index (χ1) is 18.7. The van der Waals surface area contributed by atoms with E-state index in [1.807, 2.05) is 19.9 Å². The van der Waals surface area contributed by atoms with Gasteiger partial charge < -0.3 is 15.0 Å². The zero-order valence-corrected chi connectivity index (χ0v) is 23.9. The lowest BCUT2D eigenvalue weighted by molar-refractivity contribution is -0.140. The molecule has 3 aromatic rings. The maximum absolute atomic E-state index is 14.0. The van der Waals surface area contributed by atoms with Crippen LogP contribution in [0, 0.1) is 0 Å². The highest BCUT2D eigenvalue weighted by molar-refractivity contribution is 7.92. The highest BCUT2D eigenvalue weighted by Crippen LogP contribution is 2.26. The van der Waals surface area contributed by atoms with Crippen molar-refractivity contribution >= 4 is 39.1 Å². The fourth-order valence-electron chi connectivity index (χ4n) is 4.11. The highest BCUT2D eigenvalue weighted by atomic mass is 35.5. The van der Waals surface area contributed by atoms with Crippen LogP contribution in [0.2, 0.25) is 5.02 Å². The number of hydrogen-bond acceptors (Lipinski definition) is 5. The summed E-state index contributed by atoms with van der Waals surface area (Å²) in [5, 5.41) is 3.26. The van der Waals surface area contributed by atoms with Crippen molar-refractivity contribution < 1.29 is 22.7 Å². The van der Waals surface area contributed by atoms with Crippen molar-refractivity contribution in [3.05, 3.63) is 89.4 Å². The number of nitrogens with one attached hydrogen (secondary N) is 1. The number of benzene rings is 3. The number of hydrogen-bond donors (Lipinski definition) is 1. The second-order valence-corrected chi connectivity index (χ2v) is 11.2. The van der Waals surface area contributed by atoms with Gasteiger partial charge in [0.15, 0.2) is 0 Å². The van der Waals surface area contributed by atoms with Gasteiger partial charge >= 0.3 is 0 Å². The normalized spacial score (nSPS) is 11.9. The Bertz CT molecular complexity index is 1350. The third kappa shape index (κ3) is 7.74. The van der Waals surface area contributed by atoms with E-state index in [0.717, 1.165) is 16.3 Å². The summed E-state index contributed by atoms with van der Waals surface area (Å²) in [6, 6.07) is 20.6. The molecule has 0 saturated heterocycles. The standard InChI is InChI=1S/C29H34ClN3O5S/c1-4-18-31-29(35)27(5-2)32(20-22-10-9-13-25(19-22)38-3)28(34)21-33(24-11-7-6-8-12-24)39(36,37)26-16-14-23(30)15-17-26/h6-17,19,27H,4-5,18,20-21H2,1-3H3,(H,31,35). The summed E-state index contributed by atoms with van der Waals surface area (Å²) in [5.74, 6) is -0.195. The Hall–Kier alpha value is -3.56. The van der Waals surface area contributed by atoms with E-state index in [-0.39, 0.29) is 17.3 Å². The molecule has 0 saturated carbocycles. The van der Waals surface area contributed by atoms with Gasteiger partial charge in [-0.15, -0.1) is 0 Å². The SMILES string of the molecule is CCCNC(=O)C(CC)N(Cc1cccc(OC)c1)C(=O)CN(c1ccccc1)S(=O)(=O)c1ccc(Cl)cc1. The van der Waals surface area contributed by atoms with Crippen molar-refractivity contribution in [1.82, 2.24) is 10.2 Å². The van der Waals surface area contributed by atoms with Crippen LogP contribution in [0.5, 0.6) is 5.75 Å². The third-order valence-corrected chi connectivity index (χ3v) is 8.19. The zero-order chi connectivity index (χ0) is 28.4. The number of carbonyl (C=O) groups excluding carboxylic acids is 2. The first kappa shape index (κ1) is 30.0. The Morgan fingerprint density at radius 1 is 0.974 bits per heavy atom. The third-order valence-electron chi connectivity index (χ3n) is 6.15. The van der Waals surface area contributed by atoms with Gasteiger partial charge in [0.05, 0.1) is 17.7 Å². The number of ether oxygens (including phenoxy) is 1. The van der Waals surface area contributed by atoms with Crippen LogP contribution in [-0.2, 0) is 26.2 Å². The lowest BCUT2D eigenvalue weighted by Crippen LogP contribution is -2.52. The topological polar surface area (TPSA) is 96.0 Å². The van der Waals surface area contributed by atoms with Gasteiger partial charge in [-0.05, 0) is 66.9 Å². The predicted molar refractivity (Wildman–Crippen MR) is 153 cm³/mol. The van der Waals surface area contributed by atoms with Gasteiger partial charge in [-0.3, -0.25) is 13.9 Å². The molecule has 3 aromatic carbocycles. The molecular weight excluding hydrogens is 538 g/mol. The summed E-state index contributed by atoms with van der Waals surface area (Å²) in [4.78, 5) is 28.5. The Morgan fingerprint density at radius 3 is 2.28 bits per heavy atom. The van der Waals surface area contributed by atoms with Crippen molar-refractivity contribution in [2.75, 3.05) is 24.5 Å². The Balaban J connectivity index is 2.03. The Labute approximate surface area is 235 Å². The molecule has 0 radical (unpaired) electrons. The molecule has 0 bridgehead atoms. The average Bonchev–Trinajstić information content (AvgIpc) is 2.95. The number of nitrogens with zero attached hydrogens (tertiary/aromatic N) is 2. The summed E-state index contributed by atoms with van der Waals surface area (Å²) < 4.78 is 33.9. The van der Waals surface area contributed by atoms with Gasteiger partial charge in [-0.1, -0.05) is 55.8 Å². The molecule has 39 heavy (non-hydrogen) atoms. The number of methoxy groups -OCH3 is 1. The first-order valence-electron chi connectivity index (χ1n) is 12.7. The van der Waals surface area contributed by atoms with Crippen molar-refractivity contribution in [3.63, 3.8) is 0 Å². The van der Waals surface area contributed by atoms with E-state index >= 15 is 0 Å². The first-order valence-corrected chi connectivity index (χ1v) is 14.6. The second-order valence-electron chi connectivity index (χ2n) is 8.89. The molecule has 0 heterocycles. The molecule has 0 aliphatic heterocycles. The minimum Gasteiger partial charge on any atom is -0.497 e. The molecule has 8 nitrogen and oxygen atoms in total. The molecule has 1 N–H and O–H groups in total. The molecule has 0 aromatic heterocycles. The second kappa shape index (κ2) is 14.0. The van der Waals surface area contributed by atoms with Crippen molar-refractivity contribution in [3.8, 4) is 5.75 Å². The molecule has 1 unspecified atom stereocenters. The summed E-state index contributed by atoms with van der Waals surface area (Å²) >= 11 is 5.98. The van der Waals surface area contributed by atoms with Crippen LogP contribution >= 0.6 is 11.6 Å². The van der Waals surface area contributed by atoms with Crippen LogP contribution in [0.3, 0.4) is 0 Å². The van der Waals surface area contributed by atoms with Gasteiger partial charge in [0, 0.05) is 18.1 Å². The number of sulfonamides is 1. The molecule has 0 aliphatic carbocycles. The average molecular weight is 572 g/mol. The molecule has 0 spiro atoms. The van der Waals surface area contributed by atoms with Gasteiger partial charge in [0.1, 0.15) is 18.3 Å². The molecule has 0 aliphatic rings. The van der Waals surface area contributed by atoms with Crippen LogP contribution in [0.1, 0.15) is 32.3 Å². The number of anilines is 1. The zero-order valence-electron chi connectivity index (χ0n) is 22.3. The molecule has 10 heteroatoms. The summed E-state index contributed by atoms with van der Waals surface area (Å²) in [7, 11) is -2.59. The van der Waals surface area contributed by atoms with E-state index in [4.69, 9.17) is 16.3 Å².